The van der Waals surface area contributed by atoms with Crippen LogP contribution >= 0.6 is 11.6 Å². The molecule has 224 valence electrons. The van der Waals surface area contributed by atoms with Gasteiger partial charge in [0, 0.05) is 26.0 Å². The second kappa shape index (κ2) is 14.6. The molecule has 1 aromatic carbocycles. The zero-order valence-electron chi connectivity index (χ0n) is 24.0. The fourth-order valence-corrected chi connectivity index (χ4v) is 5.06. The molecule has 2 aliphatic rings. The van der Waals surface area contributed by atoms with E-state index in [9.17, 15) is 24.3 Å². The van der Waals surface area contributed by atoms with Gasteiger partial charge in [0.05, 0.1) is 16.6 Å². The number of aliphatic hydroxyl groups excluding tert-OH is 1. The third kappa shape index (κ3) is 8.40. The topological polar surface area (TPSA) is 134 Å². The predicted octanol–water partition coefficient (Wildman–Crippen LogP) is 3.52. The van der Waals surface area contributed by atoms with Crippen LogP contribution in [0.15, 0.2) is 42.2 Å². The first kappa shape index (κ1) is 32.3. The fourth-order valence-electron chi connectivity index (χ4n) is 4.81. The first-order valence-electron chi connectivity index (χ1n) is 13.9. The Morgan fingerprint density at radius 2 is 2.00 bits per heavy atom. The van der Waals surface area contributed by atoms with Crippen molar-refractivity contribution >= 4 is 35.6 Å². The van der Waals surface area contributed by atoms with Gasteiger partial charge in [0.2, 0.25) is 11.8 Å². The van der Waals surface area contributed by atoms with Crippen molar-refractivity contribution < 1.29 is 33.8 Å². The van der Waals surface area contributed by atoms with Gasteiger partial charge in [-0.1, -0.05) is 50.6 Å². The minimum Gasteiger partial charge on any atom is -0.460 e. The lowest BCUT2D eigenvalue weighted by molar-refractivity contribution is -0.146. The number of rotatable bonds is 12. The molecule has 0 spiro atoms. The molecule has 1 aromatic rings. The molecular formula is C30H40ClN3O7. The first-order chi connectivity index (χ1) is 19.5. The van der Waals surface area contributed by atoms with E-state index < -0.39 is 47.6 Å². The van der Waals surface area contributed by atoms with Crippen molar-refractivity contribution in [1.29, 1.82) is 0 Å². The Hall–Kier alpha value is -3.21. The molecule has 0 saturated carbocycles. The number of hydrogen-bond donors (Lipinski definition) is 3. The Bertz CT molecular complexity index is 1180. The lowest BCUT2D eigenvalue weighted by Gasteiger charge is -2.36. The zero-order chi connectivity index (χ0) is 30.2. The van der Waals surface area contributed by atoms with Gasteiger partial charge in [0.1, 0.15) is 29.9 Å². The molecule has 3 rings (SSSR count). The monoisotopic (exact) mass is 589 g/mol. The Labute approximate surface area is 246 Å². The molecule has 1 aliphatic carbocycles. The summed E-state index contributed by atoms with van der Waals surface area (Å²) in [6, 6.07) is 2.15. The number of likely N-dealkylation sites (tertiary alicyclic amines) is 1. The van der Waals surface area contributed by atoms with Crippen molar-refractivity contribution in [1.82, 2.24) is 15.5 Å². The van der Waals surface area contributed by atoms with Gasteiger partial charge in [0.25, 0.3) is 5.91 Å². The first-order valence-corrected chi connectivity index (χ1v) is 14.3. The highest BCUT2D eigenvalue weighted by Crippen LogP contribution is 2.32. The Kier molecular flexibility index (Phi) is 11.5. The highest BCUT2D eigenvalue weighted by atomic mass is 35.5. The summed E-state index contributed by atoms with van der Waals surface area (Å²) in [6.45, 7) is 7.67. The molecule has 1 fully saturated rings. The highest BCUT2D eigenvalue weighted by Gasteiger charge is 2.42. The molecule has 0 unspecified atom stereocenters. The third-order valence-corrected chi connectivity index (χ3v) is 7.40. The maximum atomic E-state index is 13.9. The number of aldehydes is 1. The van der Waals surface area contributed by atoms with Gasteiger partial charge in [-0.2, -0.15) is 0 Å². The number of hydrogen-bond acceptors (Lipinski definition) is 7. The van der Waals surface area contributed by atoms with E-state index in [0.717, 1.165) is 18.6 Å². The Morgan fingerprint density at radius 1 is 1.24 bits per heavy atom. The number of carbonyl (C=O) groups is 4. The Morgan fingerprint density at radius 3 is 2.63 bits per heavy atom. The van der Waals surface area contributed by atoms with Gasteiger partial charge in [-0.15, -0.1) is 0 Å². The summed E-state index contributed by atoms with van der Waals surface area (Å²) in [7, 11) is 0. The van der Waals surface area contributed by atoms with Crippen LogP contribution in [0.3, 0.4) is 0 Å². The van der Waals surface area contributed by atoms with Crippen LogP contribution in [0.5, 0.6) is 5.75 Å². The normalized spacial score (nSPS) is 19.1. The van der Waals surface area contributed by atoms with Gasteiger partial charge in [-0.3, -0.25) is 14.4 Å². The van der Waals surface area contributed by atoms with Gasteiger partial charge < -0.3 is 34.9 Å². The van der Waals surface area contributed by atoms with Crippen molar-refractivity contribution in [3.05, 3.63) is 52.8 Å². The van der Waals surface area contributed by atoms with E-state index in [4.69, 9.17) is 21.1 Å². The average Bonchev–Trinajstić information content (AvgIpc) is 3.42. The summed E-state index contributed by atoms with van der Waals surface area (Å²) in [4.78, 5) is 53.1. The number of nitrogens with zero attached hydrogens (tertiary/aromatic N) is 1. The van der Waals surface area contributed by atoms with Crippen LogP contribution in [0.2, 0.25) is 5.02 Å². The average molecular weight is 590 g/mol. The maximum absolute atomic E-state index is 13.9. The summed E-state index contributed by atoms with van der Waals surface area (Å²) in [5.74, 6) is -0.381. The second-order valence-corrected chi connectivity index (χ2v) is 11.5. The van der Waals surface area contributed by atoms with Crippen molar-refractivity contribution in [2.75, 3.05) is 13.2 Å². The number of carbonyl (C=O) groups excluding carboxylic acids is 4. The summed E-state index contributed by atoms with van der Waals surface area (Å²) in [5.41, 5.74) is -0.544. The lowest BCUT2D eigenvalue weighted by atomic mass is 9.85. The van der Waals surface area contributed by atoms with E-state index in [1.165, 1.54) is 4.90 Å². The molecule has 1 saturated heterocycles. The molecule has 3 N–H and O–H groups in total. The standard InChI is InChI=1S/C30H40ClN3O7/c1-5-40-29(39)21(16-18-35)32-27(37)22-14-10-17-34(22)28(38)25(30(2,3)4)33-26(36)20-13-9-15-23(24(20)31)41-19-11-7-6-8-12-19/h6-7,9,11,13,15,18,21-22,25,29,39H,5,8,10,12,14,16-17H2,1-4H3,(H,32,37)(H,33,36)/t21-,22-,25+,29-/m0/s1. The maximum Gasteiger partial charge on any atom is 0.253 e. The van der Waals surface area contributed by atoms with E-state index in [0.29, 0.717) is 31.4 Å². The minimum absolute atomic E-state index is 0.132. The van der Waals surface area contributed by atoms with Crippen LogP contribution in [-0.4, -0.2) is 71.6 Å². The van der Waals surface area contributed by atoms with Gasteiger partial charge in [-0.05, 0) is 49.8 Å². The number of ether oxygens (including phenoxy) is 2. The SMILES string of the molecule is CCO[C@H](O)[C@H](CC=O)NC(=O)[C@@H]1CCCN1C(=O)[C@@H](NC(=O)c1cccc(OC2=CC=CCC2)c1Cl)C(C)(C)C. The Balaban J connectivity index is 1.78. The van der Waals surface area contributed by atoms with Crippen molar-refractivity contribution in [2.45, 2.75) is 84.2 Å². The fraction of sp³-hybridized carbons (Fsp3) is 0.533. The molecule has 0 radical (unpaired) electrons. The van der Waals surface area contributed by atoms with E-state index in [-0.39, 0.29) is 23.6 Å². The number of halogens is 1. The largest absolute Gasteiger partial charge is 0.460 e. The molecule has 1 aliphatic heterocycles. The van der Waals surface area contributed by atoms with Crippen LogP contribution in [0.25, 0.3) is 0 Å². The van der Waals surface area contributed by atoms with E-state index in [1.807, 2.05) is 39.0 Å². The van der Waals surface area contributed by atoms with Crippen LogP contribution in [0.1, 0.15) is 70.2 Å². The van der Waals surface area contributed by atoms with Crippen molar-refractivity contribution in [3.8, 4) is 5.75 Å². The molecule has 0 aromatic heterocycles. The smallest absolute Gasteiger partial charge is 0.253 e. The molecule has 4 atom stereocenters. The van der Waals surface area contributed by atoms with Gasteiger partial charge >= 0.3 is 0 Å². The summed E-state index contributed by atoms with van der Waals surface area (Å²) < 4.78 is 11.1. The second-order valence-electron chi connectivity index (χ2n) is 11.1. The molecule has 1 heterocycles. The van der Waals surface area contributed by atoms with Crippen LogP contribution in [0, 0.1) is 5.41 Å². The van der Waals surface area contributed by atoms with Gasteiger partial charge in [0.15, 0.2) is 6.29 Å². The highest BCUT2D eigenvalue weighted by molar-refractivity contribution is 6.35. The summed E-state index contributed by atoms with van der Waals surface area (Å²) in [6.07, 6.45) is 7.40. The molecule has 3 amide bonds. The quantitative estimate of drug-likeness (QED) is 0.251. The predicted molar refractivity (Wildman–Crippen MR) is 154 cm³/mol. The number of benzene rings is 1. The summed E-state index contributed by atoms with van der Waals surface area (Å²) in [5, 5.41) is 15.8. The third-order valence-electron chi connectivity index (χ3n) is 7.01. The van der Waals surface area contributed by atoms with Crippen LogP contribution in [-0.2, 0) is 19.1 Å². The van der Waals surface area contributed by atoms with Gasteiger partial charge in [-0.25, -0.2) is 0 Å². The van der Waals surface area contributed by atoms with Crippen LogP contribution in [0.4, 0.5) is 0 Å². The molecule has 0 bridgehead atoms. The number of nitrogens with one attached hydrogen (secondary N) is 2. The molecule has 41 heavy (non-hydrogen) atoms. The molecule has 10 nitrogen and oxygen atoms in total. The summed E-state index contributed by atoms with van der Waals surface area (Å²) >= 11 is 6.58. The minimum atomic E-state index is -1.36. The van der Waals surface area contributed by atoms with Crippen molar-refractivity contribution in [3.63, 3.8) is 0 Å². The van der Waals surface area contributed by atoms with Crippen molar-refractivity contribution in [2.24, 2.45) is 5.41 Å². The molecular weight excluding hydrogens is 550 g/mol. The van der Waals surface area contributed by atoms with E-state index in [2.05, 4.69) is 10.6 Å². The van der Waals surface area contributed by atoms with E-state index >= 15 is 0 Å². The lowest BCUT2D eigenvalue weighted by Crippen LogP contribution is -2.58. The van der Waals surface area contributed by atoms with E-state index in [1.54, 1.807) is 25.1 Å². The number of amides is 3. The number of aliphatic hydroxyl groups is 1. The molecule has 11 heteroatoms. The van der Waals surface area contributed by atoms with Crippen LogP contribution < -0.4 is 15.4 Å². The zero-order valence-corrected chi connectivity index (χ0v) is 24.8. The number of allylic oxidation sites excluding steroid dienone is 4.